The summed E-state index contributed by atoms with van der Waals surface area (Å²) in [5, 5.41) is 3.03. The van der Waals surface area contributed by atoms with E-state index in [9.17, 15) is 4.79 Å². The van der Waals surface area contributed by atoms with E-state index in [1.165, 1.54) is 37.1 Å². The molecule has 3 heteroatoms. The molecule has 3 rings (SSSR count). The van der Waals surface area contributed by atoms with Gasteiger partial charge in [0.15, 0.2) is 0 Å². The van der Waals surface area contributed by atoms with Gasteiger partial charge in [0.25, 0.3) is 0 Å². The van der Waals surface area contributed by atoms with E-state index in [0.29, 0.717) is 13.0 Å². The van der Waals surface area contributed by atoms with Crippen molar-refractivity contribution >= 4 is 5.91 Å². The van der Waals surface area contributed by atoms with Crippen molar-refractivity contribution in [1.29, 1.82) is 0 Å². The molecule has 2 aromatic rings. The van der Waals surface area contributed by atoms with E-state index < -0.39 is 0 Å². The summed E-state index contributed by atoms with van der Waals surface area (Å²) in [6.07, 6.45) is 4.00. The van der Waals surface area contributed by atoms with Crippen molar-refractivity contribution in [3.05, 3.63) is 71.3 Å². The fourth-order valence-electron chi connectivity index (χ4n) is 3.64. The molecule has 1 aliphatic rings. The minimum atomic E-state index is 0.111. The summed E-state index contributed by atoms with van der Waals surface area (Å²) in [4.78, 5) is 14.6. The largest absolute Gasteiger partial charge is 0.352 e. The molecule has 26 heavy (non-hydrogen) atoms. The molecule has 0 saturated carbocycles. The first-order valence-corrected chi connectivity index (χ1v) is 9.80. The molecule has 0 bridgehead atoms. The molecular formula is C23H30N2O. The molecule has 1 unspecified atom stereocenters. The first-order valence-electron chi connectivity index (χ1n) is 9.80. The third-order valence-electron chi connectivity index (χ3n) is 5.14. The lowest BCUT2D eigenvalue weighted by molar-refractivity contribution is -0.121. The van der Waals surface area contributed by atoms with Gasteiger partial charge in [0.1, 0.15) is 0 Å². The third-order valence-corrected chi connectivity index (χ3v) is 5.14. The number of hydrogen-bond acceptors (Lipinski definition) is 2. The normalized spacial score (nSPS) is 17.8. The highest BCUT2D eigenvalue weighted by atomic mass is 16.1. The first kappa shape index (κ1) is 18.7. The fourth-order valence-corrected chi connectivity index (χ4v) is 3.64. The average molecular weight is 351 g/mol. The number of carbonyl (C=O) groups is 1. The molecule has 0 spiro atoms. The molecule has 3 nitrogen and oxygen atoms in total. The van der Waals surface area contributed by atoms with Gasteiger partial charge in [-0.05, 0) is 48.4 Å². The number of carbonyl (C=O) groups excluding carboxylic acids is 1. The second kappa shape index (κ2) is 9.54. The summed E-state index contributed by atoms with van der Waals surface area (Å²) < 4.78 is 0. The van der Waals surface area contributed by atoms with Crippen molar-refractivity contribution < 1.29 is 4.79 Å². The lowest BCUT2D eigenvalue weighted by atomic mass is 9.99. The molecule has 1 heterocycles. The number of likely N-dealkylation sites (tertiary alicyclic amines) is 1. The van der Waals surface area contributed by atoms with Gasteiger partial charge < -0.3 is 5.32 Å². The molecular weight excluding hydrogens is 320 g/mol. The maximum atomic E-state index is 12.0. The van der Waals surface area contributed by atoms with Crippen LogP contribution in [0.1, 0.15) is 42.9 Å². The van der Waals surface area contributed by atoms with E-state index in [0.717, 1.165) is 24.4 Å². The van der Waals surface area contributed by atoms with Crippen LogP contribution in [0, 0.1) is 5.92 Å². The zero-order valence-electron chi connectivity index (χ0n) is 15.8. The SMILES string of the molecule is CC1CCCN(Cc2ccc(CNC(=O)CCc3ccccc3)cc2)C1. The zero-order valence-corrected chi connectivity index (χ0v) is 15.8. The number of aryl methyl sites for hydroxylation is 1. The Kier molecular flexibility index (Phi) is 6.84. The summed E-state index contributed by atoms with van der Waals surface area (Å²) >= 11 is 0. The molecule has 1 aliphatic heterocycles. The number of amides is 1. The van der Waals surface area contributed by atoms with Crippen molar-refractivity contribution in [3.63, 3.8) is 0 Å². The number of nitrogens with zero attached hydrogens (tertiary/aromatic N) is 1. The van der Waals surface area contributed by atoms with Crippen LogP contribution in [-0.2, 0) is 24.3 Å². The molecule has 0 aliphatic carbocycles. The molecule has 138 valence electrons. The molecule has 1 fully saturated rings. The molecule has 1 atom stereocenters. The van der Waals surface area contributed by atoms with Crippen LogP contribution in [0.3, 0.4) is 0 Å². The topological polar surface area (TPSA) is 32.3 Å². The summed E-state index contributed by atoms with van der Waals surface area (Å²) in [6.45, 7) is 6.40. The smallest absolute Gasteiger partial charge is 0.220 e. The lowest BCUT2D eigenvalue weighted by Crippen LogP contribution is -2.33. The Balaban J connectivity index is 1.40. The van der Waals surface area contributed by atoms with Gasteiger partial charge >= 0.3 is 0 Å². The minimum absolute atomic E-state index is 0.111. The Morgan fingerprint density at radius 1 is 1.04 bits per heavy atom. The first-order chi connectivity index (χ1) is 12.7. The molecule has 1 amide bonds. The molecule has 2 aromatic carbocycles. The summed E-state index contributed by atoms with van der Waals surface area (Å²) in [5.41, 5.74) is 3.73. The van der Waals surface area contributed by atoms with Gasteiger partial charge in [-0.25, -0.2) is 0 Å². The molecule has 1 N–H and O–H groups in total. The highest BCUT2D eigenvalue weighted by Crippen LogP contribution is 2.18. The van der Waals surface area contributed by atoms with Crippen molar-refractivity contribution in [2.75, 3.05) is 13.1 Å². The number of hydrogen-bond donors (Lipinski definition) is 1. The van der Waals surface area contributed by atoms with Crippen molar-refractivity contribution in [2.45, 2.75) is 45.7 Å². The average Bonchev–Trinajstić information content (AvgIpc) is 2.67. The van der Waals surface area contributed by atoms with Gasteiger partial charge in [-0.15, -0.1) is 0 Å². The number of benzene rings is 2. The quantitative estimate of drug-likeness (QED) is 0.813. The van der Waals surface area contributed by atoms with Crippen molar-refractivity contribution in [3.8, 4) is 0 Å². The summed E-state index contributed by atoms with van der Waals surface area (Å²) in [7, 11) is 0. The minimum Gasteiger partial charge on any atom is -0.352 e. The maximum Gasteiger partial charge on any atom is 0.220 e. The summed E-state index contributed by atoms with van der Waals surface area (Å²) in [6, 6.07) is 18.8. The van der Waals surface area contributed by atoms with Crippen LogP contribution in [0.2, 0.25) is 0 Å². The Bertz CT molecular complexity index is 681. The Labute approximate surface area is 157 Å². The molecule has 0 radical (unpaired) electrons. The number of rotatable bonds is 7. The van der Waals surface area contributed by atoms with Gasteiger partial charge in [0, 0.05) is 26.1 Å². The number of nitrogens with one attached hydrogen (secondary N) is 1. The number of piperidine rings is 1. The van der Waals surface area contributed by atoms with Gasteiger partial charge in [-0.1, -0.05) is 61.5 Å². The Morgan fingerprint density at radius 2 is 1.77 bits per heavy atom. The third kappa shape index (κ3) is 5.99. The second-order valence-electron chi connectivity index (χ2n) is 7.56. The lowest BCUT2D eigenvalue weighted by Gasteiger charge is -2.30. The Hall–Kier alpha value is -2.13. The van der Waals surface area contributed by atoms with Crippen LogP contribution >= 0.6 is 0 Å². The van der Waals surface area contributed by atoms with E-state index in [2.05, 4.69) is 53.5 Å². The van der Waals surface area contributed by atoms with Crippen LogP contribution in [0.25, 0.3) is 0 Å². The fraction of sp³-hybridized carbons (Fsp3) is 0.435. The van der Waals surface area contributed by atoms with Gasteiger partial charge in [0.2, 0.25) is 5.91 Å². The van der Waals surface area contributed by atoms with E-state index >= 15 is 0 Å². The van der Waals surface area contributed by atoms with Gasteiger partial charge in [-0.2, -0.15) is 0 Å². The second-order valence-corrected chi connectivity index (χ2v) is 7.56. The predicted octanol–water partition coefficient (Wildman–Crippen LogP) is 4.17. The highest BCUT2D eigenvalue weighted by molar-refractivity contribution is 5.76. The van der Waals surface area contributed by atoms with E-state index in [1.54, 1.807) is 0 Å². The van der Waals surface area contributed by atoms with E-state index in [4.69, 9.17) is 0 Å². The molecule has 1 saturated heterocycles. The highest BCUT2D eigenvalue weighted by Gasteiger charge is 2.16. The summed E-state index contributed by atoms with van der Waals surface area (Å²) in [5.74, 6) is 0.925. The van der Waals surface area contributed by atoms with Gasteiger partial charge in [-0.3, -0.25) is 9.69 Å². The monoisotopic (exact) mass is 350 g/mol. The predicted molar refractivity (Wildman–Crippen MR) is 107 cm³/mol. The van der Waals surface area contributed by atoms with Crippen molar-refractivity contribution in [2.24, 2.45) is 5.92 Å². The van der Waals surface area contributed by atoms with Crippen LogP contribution < -0.4 is 5.32 Å². The standard InChI is InChI=1S/C23H30N2O/c1-19-6-5-15-25(17-19)18-22-11-9-21(10-12-22)16-24-23(26)14-13-20-7-3-2-4-8-20/h2-4,7-12,19H,5-6,13-18H2,1H3,(H,24,26). The van der Waals surface area contributed by atoms with E-state index in [-0.39, 0.29) is 5.91 Å². The zero-order chi connectivity index (χ0) is 18.2. The van der Waals surface area contributed by atoms with Gasteiger partial charge in [0.05, 0.1) is 0 Å². The van der Waals surface area contributed by atoms with Crippen molar-refractivity contribution in [1.82, 2.24) is 10.2 Å². The van der Waals surface area contributed by atoms with E-state index in [1.807, 2.05) is 18.2 Å². The van der Waals surface area contributed by atoms with Crippen LogP contribution in [-0.4, -0.2) is 23.9 Å². The Morgan fingerprint density at radius 3 is 2.50 bits per heavy atom. The van der Waals surface area contributed by atoms with Crippen LogP contribution in [0.15, 0.2) is 54.6 Å². The van der Waals surface area contributed by atoms with Crippen LogP contribution in [0.4, 0.5) is 0 Å². The maximum absolute atomic E-state index is 12.0. The molecule has 0 aromatic heterocycles. The van der Waals surface area contributed by atoms with Crippen LogP contribution in [0.5, 0.6) is 0 Å².